The standard InChI is InChI=1S/C17H26FNO/c1-17(2,3)15-6-4-5-7-16(15)19-11-12-8-13(18)10-14(20)9-12/h8-10,15-16,19-20H,4-7,11H2,1-3H3. The van der Waals surface area contributed by atoms with E-state index in [1.54, 1.807) is 6.07 Å². The molecule has 0 aromatic heterocycles. The summed E-state index contributed by atoms with van der Waals surface area (Å²) in [5.74, 6) is 0.272. The third-order valence-corrected chi connectivity index (χ3v) is 4.39. The highest BCUT2D eigenvalue weighted by atomic mass is 19.1. The number of rotatable bonds is 3. The summed E-state index contributed by atoms with van der Waals surface area (Å²) in [6, 6.07) is 4.74. The minimum Gasteiger partial charge on any atom is -0.508 e. The third-order valence-electron chi connectivity index (χ3n) is 4.39. The van der Waals surface area contributed by atoms with E-state index in [2.05, 4.69) is 26.1 Å². The van der Waals surface area contributed by atoms with E-state index in [4.69, 9.17) is 0 Å². The van der Waals surface area contributed by atoms with Gasteiger partial charge in [-0.15, -0.1) is 0 Å². The van der Waals surface area contributed by atoms with Crippen molar-refractivity contribution in [1.82, 2.24) is 5.32 Å². The van der Waals surface area contributed by atoms with Crippen LogP contribution in [0, 0.1) is 17.2 Å². The van der Waals surface area contributed by atoms with Crippen molar-refractivity contribution in [2.45, 2.75) is 59.0 Å². The molecule has 20 heavy (non-hydrogen) atoms. The van der Waals surface area contributed by atoms with Crippen molar-refractivity contribution in [2.24, 2.45) is 11.3 Å². The van der Waals surface area contributed by atoms with Crippen LogP contribution in [0.25, 0.3) is 0 Å². The number of nitrogens with one attached hydrogen (secondary N) is 1. The summed E-state index contributed by atoms with van der Waals surface area (Å²) in [7, 11) is 0. The normalized spacial score (nSPS) is 23.8. The molecule has 1 aromatic rings. The van der Waals surface area contributed by atoms with E-state index in [1.807, 2.05) is 0 Å². The van der Waals surface area contributed by atoms with Crippen molar-refractivity contribution >= 4 is 0 Å². The Kier molecular flexibility index (Phi) is 4.69. The fourth-order valence-electron chi connectivity index (χ4n) is 3.40. The van der Waals surface area contributed by atoms with E-state index >= 15 is 0 Å². The quantitative estimate of drug-likeness (QED) is 0.868. The van der Waals surface area contributed by atoms with E-state index in [1.165, 1.54) is 31.7 Å². The highest BCUT2D eigenvalue weighted by Crippen LogP contribution is 2.38. The second kappa shape index (κ2) is 6.13. The molecule has 0 saturated heterocycles. The number of halogens is 1. The smallest absolute Gasteiger partial charge is 0.127 e. The Morgan fingerprint density at radius 3 is 2.55 bits per heavy atom. The molecule has 1 fully saturated rings. The SMILES string of the molecule is CC(C)(C)C1CCCCC1NCc1cc(O)cc(F)c1. The van der Waals surface area contributed by atoms with E-state index in [-0.39, 0.29) is 11.6 Å². The van der Waals surface area contributed by atoms with Gasteiger partial charge in [0.15, 0.2) is 0 Å². The van der Waals surface area contributed by atoms with Crippen LogP contribution >= 0.6 is 0 Å². The Morgan fingerprint density at radius 1 is 1.20 bits per heavy atom. The van der Waals surface area contributed by atoms with Crippen molar-refractivity contribution < 1.29 is 9.50 Å². The van der Waals surface area contributed by atoms with Crippen molar-refractivity contribution in [3.05, 3.63) is 29.6 Å². The number of phenols is 1. The van der Waals surface area contributed by atoms with Gasteiger partial charge in [-0.05, 0) is 41.9 Å². The lowest BCUT2D eigenvalue weighted by Gasteiger charge is -2.41. The number of hydrogen-bond donors (Lipinski definition) is 2. The van der Waals surface area contributed by atoms with Crippen LogP contribution in [-0.4, -0.2) is 11.1 Å². The summed E-state index contributed by atoms with van der Waals surface area (Å²) in [6.07, 6.45) is 5.01. The largest absolute Gasteiger partial charge is 0.508 e. The summed E-state index contributed by atoms with van der Waals surface area (Å²) in [5.41, 5.74) is 1.10. The molecule has 0 bridgehead atoms. The van der Waals surface area contributed by atoms with Gasteiger partial charge in [0.05, 0.1) is 0 Å². The molecule has 0 amide bonds. The van der Waals surface area contributed by atoms with E-state index in [0.29, 0.717) is 23.9 Å². The molecule has 3 heteroatoms. The van der Waals surface area contributed by atoms with Gasteiger partial charge in [-0.2, -0.15) is 0 Å². The topological polar surface area (TPSA) is 32.3 Å². The minimum absolute atomic E-state index is 0.00202. The molecule has 1 aliphatic carbocycles. The van der Waals surface area contributed by atoms with Crippen LogP contribution in [0.2, 0.25) is 0 Å². The van der Waals surface area contributed by atoms with Crippen molar-refractivity contribution in [2.75, 3.05) is 0 Å². The maximum Gasteiger partial charge on any atom is 0.127 e. The zero-order chi connectivity index (χ0) is 14.8. The van der Waals surface area contributed by atoms with Crippen LogP contribution in [-0.2, 0) is 6.54 Å². The minimum atomic E-state index is -0.377. The Hall–Kier alpha value is -1.09. The van der Waals surface area contributed by atoms with Crippen LogP contribution in [0.4, 0.5) is 4.39 Å². The Bertz CT molecular complexity index is 433. The highest BCUT2D eigenvalue weighted by molar-refractivity contribution is 5.28. The summed E-state index contributed by atoms with van der Waals surface area (Å²) >= 11 is 0. The van der Waals surface area contributed by atoms with Gasteiger partial charge in [-0.25, -0.2) is 4.39 Å². The van der Waals surface area contributed by atoms with Crippen molar-refractivity contribution in [3.63, 3.8) is 0 Å². The van der Waals surface area contributed by atoms with Crippen LogP contribution in [0.1, 0.15) is 52.0 Å². The molecule has 1 saturated carbocycles. The molecule has 112 valence electrons. The molecular formula is C17H26FNO. The monoisotopic (exact) mass is 279 g/mol. The lowest BCUT2D eigenvalue weighted by molar-refractivity contribution is 0.130. The first kappa shape index (κ1) is 15.3. The molecule has 0 radical (unpaired) electrons. The van der Waals surface area contributed by atoms with Gasteiger partial charge in [0, 0.05) is 18.7 Å². The van der Waals surface area contributed by atoms with Gasteiger partial charge in [-0.1, -0.05) is 33.6 Å². The third kappa shape index (κ3) is 3.95. The van der Waals surface area contributed by atoms with Crippen molar-refractivity contribution in [1.29, 1.82) is 0 Å². The Morgan fingerprint density at radius 2 is 1.90 bits per heavy atom. The molecule has 2 rings (SSSR count). The zero-order valence-electron chi connectivity index (χ0n) is 12.7. The predicted molar refractivity (Wildman–Crippen MR) is 80.1 cm³/mol. The van der Waals surface area contributed by atoms with E-state index in [9.17, 15) is 9.50 Å². The molecule has 1 aliphatic rings. The highest BCUT2D eigenvalue weighted by Gasteiger charge is 2.33. The van der Waals surface area contributed by atoms with E-state index < -0.39 is 0 Å². The summed E-state index contributed by atoms with van der Waals surface area (Å²) < 4.78 is 13.3. The van der Waals surface area contributed by atoms with Gasteiger partial charge < -0.3 is 10.4 Å². The van der Waals surface area contributed by atoms with Gasteiger partial charge in [0.25, 0.3) is 0 Å². The second-order valence-corrected chi connectivity index (χ2v) is 7.06. The molecule has 1 aromatic carbocycles. The summed E-state index contributed by atoms with van der Waals surface area (Å²) in [5, 5.41) is 13.0. The molecular weight excluding hydrogens is 253 g/mol. The van der Waals surface area contributed by atoms with E-state index in [0.717, 1.165) is 11.6 Å². The fraction of sp³-hybridized carbons (Fsp3) is 0.647. The molecule has 0 spiro atoms. The molecule has 0 aliphatic heterocycles. The van der Waals surface area contributed by atoms with Gasteiger partial charge in [0.2, 0.25) is 0 Å². The number of benzene rings is 1. The summed E-state index contributed by atoms with van der Waals surface area (Å²) in [4.78, 5) is 0. The lowest BCUT2D eigenvalue weighted by atomic mass is 9.69. The van der Waals surface area contributed by atoms with Crippen molar-refractivity contribution in [3.8, 4) is 5.75 Å². The van der Waals surface area contributed by atoms with Crippen LogP contribution < -0.4 is 5.32 Å². The molecule has 2 unspecified atom stereocenters. The van der Waals surface area contributed by atoms with Gasteiger partial charge in [0.1, 0.15) is 11.6 Å². The molecule has 2 nitrogen and oxygen atoms in total. The summed E-state index contributed by atoms with van der Waals surface area (Å²) in [6.45, 7) is 7.51. The first-order chi connectivity index (χ1) is 9.36. The average molecular weight is 279 g/mol. The number of phenolic OH excluding ortho intramolecular Hbond substituents is 1. The van der Waals surface area contributed by atoms with Gasteiger partial charge >= 0.3 is 0 Å². The fourth-order valence-corrected chi connectivity index (χ4v) is 3.40. The van der Waals surface area contributed by atoms with Crippen LogP contribution in [0.5, 0.6) is 5.75 Å². The number of aromatic hydroxyl groups is 1. The lowest BCUT2D eigenvalue weighted by Crippen LogP contribution is -2.43. The van der Waals surface area contributed by atoms with Crippen LogP contribution in [0.15, 0.2) is 18.2 Å². The van der Waals surface area contributed by atoms with Crippen LogP contribution in [0.3, 0.4) is 0 Å². The Balaban J connectivity index is 2.01. The maximum atomic E-state index is 13.3. The number of hydrogen-bond acceptors (Lipinski definition) is 2. The first-order valence-corrected chi connectivity index (χ1v) is 7.58. The first-order valence-electron chi connectivity index (χ1n) is 7.58. The zero-order valence-corrected chi connectivity index (χ0v) is 12.7. The molecule has 0 heterocycles. The second-order valence-electron chi connectivity index (χ2n) is 7.06. The average Bonchev–Trinajstić information content (AvgIpc) is 2.34. The molecule has 2 atom stereocenters. The maximum absolute atomic E-state index is 13.3. The Labute approximate surface area is 121 Å². The molecule has 2 N–H and O–H groups in total. The van der Waals surface area contributed by atoms with Gasteiger partial charge in [-0.3, -0.25) is 0 Å². The predicted octanol–water partition coefficient (Wildman–Crippen LogP) is 4.23.